The van der Waals surface area contributed by atoms with Crippen LogP contribution in [0.15, 0.2) is 12.3 Å². The molecule has 0 unspecified atom stereocenters. The second kappa shape index (κ2) is 5.54. The monoisotopic (exact) mass is 293 g/mol. The van der Waals surface area contributed by atoms with Gasteiger partial charge in [0.1, 0.15) is 0 Å². The SMILES string of the molecule is NCC1CCN(c2cc(C(F)(F)F)cnc2Cl)CC1. The number of anilines is 1. The van der Waals surface area contributed by atoms with Crippen LogP contribution in [0.2, 0.25) is 5.15 Å². The summed E-state index contributed by atoms with van der Waals surface area (Å²) < 4.78 is 38.0. The van der Waals surface area contributed by atoms with Gasteiger partial charge in [0.15, 0.2) is 5.15 Å². The number of piperidine rings is 1. The Morgan fingerprint density at radius 3 is 2.53 bits per heavy atom. The number of nitrogens with two attached hydrogens (primary N) is 1. The third-order valence-corrected chi connectivity index (χ3v) is 3.73. The summed E-state index contributed by atoms with van der Waals surface area (Å²) in [6.45, 7) is 1.93. The molecule has 0 spiro atoms. The van der Waals surface area contributed by atoms with Crippen molar-refractivity contribution in [1.29, 1.82) is 0 Å². The summed E-state index contributed by atoms with van der Waals surface area (Å²) in [5.41, 5.74) is 5.18. The zero-order chi connectivity index (χ0) is 14.0. The van der Waals surface area contributed by atoms with Gasteiger partial charge in [0.2, 0.25) is 0 Å². The first kappa shape index (κ1) is 14.4. The lowest BCUT2D eigenvalue weighted by molar-refractivity contribution is -0.137. The third-order valence-electron chi connectivity index (χ3n) is 3.44. The fourth-order valence-corrected chi connectivity index (χ4v) is 2.45. The number of halogens is 4. The molecule has 0 aromatic carbocycles. The van der Waals surface area contributed by atoms with Crippen LogP contribution in [-0.4, -0.2) is 24.6 Å². The topological polar surface area (TPSA) is 42.1 Å². The van der Waals surface area contributed by atoms with Gasteiger partial charge < -0.3 is 10.6 Å². The molecule has 106 valence electrons. The minimum absolute atomic E-state index is 0.110. The van der Waals surface area contributed by atoms with E-state index in [-0.39, 0.29) is 5.15 Å². The Kier molecular flexibility index (Phi) is 4.20. The smallest absolute Gasteiger partial charge is 0.369 e. The average molecular weight is 294 g/mol. The largest absolute Gasteiger partial charge is 0.417 e. The minimum atomic E-state index is -4.40. The van der Waals surface area contributed by atoms with Crippen LogP contribution in [0.4, 0.5) is 18.9 Å². The molecule has 0 amide bonds. The highest BCUT2D eigenvalue weighted by Crippen LogP contribution is 2.35. The van der Waals surface area contributed by atoms with Gasteiger partial charge in [-0.15, -0.1) is 0 Å². The summed E-state index contributed by atoms with van der Waals surface area (Å²) in [7, 11) is 0. The van der Waals surface area contributed by atoms with Crippen molar-refractivity contribution in [2.45, 2.75) is 19.0 Å². The molecule has 3 nitrogen and oxygen atoms in total. The second-order valence-electron chi connectivity index (χ2n) is 4.70. The van der Waals surface area contributed by atoms with Crippen molar-refractivity contribution in [1.82, 2.24) is 4.98 Å². The molecule has 7 heteroatoms. The Hall–Kier alpha value is -1.01. The standard InChI is InChI=1S/C12H15ClF3N3/c13-11-10(5-9(7-18-11)12(14,15)16)19-3-1-8(6-17)2-4-19/h5,7-8H,1-4,6,17H2. The van der Waals surface area contributed by atoms with E-state index in [0.29, 0.717) is 31.2 Å². The van der Waals surface area contributed by atoms with Crippen molar-refractivity contribution < 1.29 is 13.2 Å². The van der Waals surface area contributed by atoms with E-state index in [2.05, 4.69) is 4.98 Å². The Morgan fingerprint density at radius 1 is 1.37 bits per heavy atom. The quantitative estimate of drug-likeness (QED) is 0.853. The van der Waals surface area contributed by atoms with E-state index in [0.717, 1.165) is 25.1 Å². The second-order valence-corrected chi connectivity index (χ2v) is 5.06. The maximum absolute atomic E-state index is 12.7. The lowest BCUT2D eigenvalue weighted by Crippen LogP contribution is -2.36. The van der Waals surface area contributed by atoms with Crippen LogP contribution in [0.3, 0.4) is 0 Å². The predicted octanol–water partition coefficient (Wildman–Crippen LogP) is 2.93. The van der Waals surface area contributed by atoms with Crippen LogP contribution in [0.5, 0.6) is 0 Å². The van der Waals surface area contributed by atoms with Crippen LogP contribution >= 0.6 is 11.6 Å². The summed E-state index contributed by atoms with van der Waals surface area (Å²) in [4.78, 5) is 5.48. The fraction of sp³-hybridized carbons (Fsp3) is 0.583. The van der Waals surface area contributed by atoms with Crippen molar-refractivity contribution in [3.63, 3.8) is 0 Å². The van der Waals surface area contributed by atoms with Crippen molar-refractivity contribution in [2.75, 3.05) is 24.5 Å². The molecule has 0 bridgehead atoms. The first-order valence-corrected chi connectivity index (χ1v) is 6.47. The highest BCUT2D eigenvalue weighted by molar-refractivity contribution is 6.32. The number of aromatic nitrogens is 1. The van der Waals surface area contributed by atoms with E-state index < -0.39 is 11.7 Å². The van der Waals surface area contributed by atoms with Crippen molar-refractivity contribution in [3.05, 3.63) is 23.0 Å². The summed E-state index contributed by atoms with van der Waals surface area (Å²) >= 11 is 5.91. The lowest BCUT2D eigenvalue weighted by Gasteiger charge is -2.33. The van der Waals surface area contributed by atoms with Crippen LogP contribution in [0.1, 0.15) is 18.4 Å². The predicted molar refractivity (Wildman–Crippen MR) is 68.2 cm³/mol. The molecule has 1 saturated heterocycles. The fourth-order valence-electron chi connectivity index (χ4n) is 2.22. The first-order chi connectivity index (χ1) is 8.91. The summed E-state index contributed by atoms with van der Waals surface area (Å²) in [5, 5.41) is 0.110. The van der Waals surface area contributed by atoms with Gasteiger partial charge in [-0.2, -0.15) is 13.2 Å². The van der Waals surface area contributed by atoms with E-state index in [1.165, 1.54) is 0 Å². The van der Waals surface area contributed by atoms with Gasteiger partial charge in [-0.1, -0.05) is 11.6 Å². The van der Waals surface area contributed by atoms with E-state index >= 15 is 0 Å². The number of rotatable bonds is 2. The van der Waals surface area contributed by atoms with E-state index in [1.54, 1.807) is 0 Å². The molecule has 0 aliphatic carbocycles. The molecular weight excluding hydrogens is 279 g/mol. The number of alkyl halides is 3. The highest BCUT2D eigenvalue weighted by Gasteiger charge is 2.32. The molecule has 0 atom stereocenters. The van der Waals surface area contributed by atoms with Gasteiger partial charge in [-0.3, -0.25) is 0 Å². The molecule has 0 radical (unpaired) electrons. The van der Waals surface area contributed by atoms with Crippen molar-refractivity contribution in [3.8, 4) is 0 Å². The number of pyridine rings is 1. The zero-order valence-electron chi connectivity index (χ0n) is 10.3. The van der Waals surface area contributed by atoms with Gasteiger partial charge in [0.25, 0.3) is 0 Å². The molecule has 2 rings (SSSR count). The number of nitrogens with zero attached hydrogens (tertiary/aromatic N) is 2. The molecule has 0 saturated carbocycles. The zero-order valence-corrected chi connectivity index (χ0v) is 11.0. The first-order valence-electron chi connectivity index (χ1n) is 6.09. The molecule has 1 aromatic heterocycles. The van der Waals surface area contributed by atoms with Crippen LogP contribution in [0, 0.1) is 5.92 Å². The maximum atomic E-state index is 12.7. The third kappa shape index (κ3) is 3.30. The molecule has 2 N–H and O–H groups in total. The number of hydrogen-bond acceptors (Lipinski definition) is 3. The average Bonchev–Trinajstić information content (AvgIpc) is 2.38. The Balaban J connectivity index is 2.20. The molecule has 2 heterocycles. The van der Waals surface area contributed by atoms with Gasteiger partial charge in [0.05, 0.1) is 11.3 Å². The van der Waals surface area contributed by atoms with Gasteiger partial charge in [-0.05, 0) is 31.4 Å². The van der Waals surface area contributed by atoms with Crippen LogP contribution < -0.4 is 10.6 Å². The number of hydrogen-bond donors (Lipinski definition) is 1. The molecule has 1 aromatic rings. The Morgan fingerprint density at radius 2 is 2.00 bits per heavy atom. The maximum Gasteiger partial charge on any atom is 0.417 e. The lowest BCUT2D eigenvalue weighted by atomic mass is 9.97. The van der Waals surface area contributed by atoms with Gasteiger partial charge >= 0.3 is 6.18 Å². The summed E-state index contributed by atoms with van der Waals surface area (Å²) in [6.07, 6.45) is -1.91. The molecule has 1 fully saturated rings. The molecule has 1 aliphatic rings. The highest BCUT2D eigenvalue weighted by atomic mass is 35.5. The minimum Gasteiger partial charge on any atom is -0.369 e. The van der Waals surface area contributed by atoms with E-state index in [1.807, 2.05) is 4.90 Å². The molecule has 1 aliphatic heterocycles. The summed E-state index contributed by atoms with van der Waals surface area (Å²) in [5.74, 6) is 0.439. The molecule has 19 heavy (non-hydrogen) atoms. The van der Waals surface area contributed by atoms with Crippen LogP contribution in [0.25, 0.3) is 0 Å². The summed E-state index contributed by atoms with van der Waals surface area (Å²) in [6, 6.07) is 1.07. The Bertz CT molecular complexity index is 442. The van der Waals surface area contributed by atoms with Gasteiger partial charge in [-0.25, -0.2) is 4.98 Å². The van der Waals surface area contributed by atoms with Crippen molar-refractivity contribution in [2.24, 2.45) is 11.7 Å². The van der Waals surface area contributed by atoms with E-state index in [9.17, 15) is 13.2 Å². The van der Waals surface area contributed by atoms with Gasteiger partial charge in [0, 0.05) is 19.3 Å². The molecular formula is C12H15ClF3N3. The Labute approximate surface area is 114 Å². The normalized spacial score (nSPS) is 17.8. The van der Waals surface area contributed by atoms with Crippen LogP contribution in [-0.2, 0) is 6.18 Å². The van der Waals surface area contributed by atoms with E-state index in [4.69, 9.17) is 17.3 Å². The van der Waals surface area contributed by atoms with Crippen molar-refractivity contribution >= 4 is 17.3 Å².